The fraction of sp³-hybridized carbons (Fsp3) is 0.222. The quantitative estimate of drug-likeness (QED) is 0.569. The van der Waals surface area contributed by atoms with Gasteiger partial charge in [0, 0.05) is 23.6 Å². The van der Waals surface area contributed by atoms with E-state index < -0.39 is 4.92 Å². The van der Waals surface area contributed by atoms with E-state index in [-0.39, 0.29) is 5.69 Å². The third-order valence-corrected chi connectivity index (χ3v) is 2.11. The summed E-state index contributed by atoms with van der Waals surface area (Å²) < 4.78 is 0. The van der Waals surface area contributed by atoms with Gasteiger partial charge in [0.05, 0.1) is 11.0 Å². The summed E-state index contributed by atoms with van der Waals surface area (Å²) in [6, 6.07) is 6.19. The first kappa shape index (κ1) is 10.5. The summed E-state index contributed by atoms with van der Waals surface area (Å²) in [6.45, 7) is 0. The highest BCUT2D eigenvalue weighted by atomic mass is 35.5. The summed E-state index contributed by atoms with van der Waals surface area (Å²) in [6.07, 6.45) is 0.748. The van der Waals surface area contributed by atoms with E-state index in [0.29, 0.717) is 23.4 Å². The van der Waals surface area contributed by atoms with Gasteiger partial charge < -0.3 is 0 Å². The summed E-state index contributed by atoms with van der Waals surface area (Å²) >= 11 is 5.80. The van der Waals surface area contributed by atoms with E-state index in [1.54, 1.807) is 0 Å². The maximum absolute atomic E-state index is 10.4. The number of rotatable bonds is 3. The second kappa shape index (κ2) is 4.58. The predicted octanol–water partition coefficient (Wildman–Crippen LogP) is 2.70. The molecule has 0 aromatic heterocycles. The Morgan fingerprint density at radius 3 is 2.86 bits per heavy atom. The number of hydrogen-bond donors (Lipinski definition) is 0. The van der Waals surface area contributed by atoms with Gasteiger partial charge in [0.25, 0.3) is 5.69 Å². The molecule has 0 aliphatic rings. The first-order valence-electron chi connectivity index (χ1n) is 3.95. The lowest BCUT2D eigenvalue weighted by Crippen LogP contribution is -1.91. The van der Waals surface area contributed by atoms with Crippen LogP contribution < -0.4 is 0 Å². The normalized spacial score (nSPS) is 9.43. The van der Waals surface area contributed by atoms with Crippen LogP contribution in [0.4, 0.5) is 5.69 Å². The number of halogens is 1. The molecule has 0 heterocycles. The Bertz CT molecular complexity index is 398. The Labute approximate surface area is 85.9 Å². The zero-order valence-electron chi connectivity index (χ0n) is 7.24. The molecular formula is C9H7ClN2O2. The predicted molar refractivity (Wildman–Crippen MR) is 52.0 cm³/mol. The van der Waals surface area contributed by atoms with Gasteiger partial charge in [-0.3, -0.25) is 10.1 Å². The summed E-state index contributed by atoms with van der Waals surface area (Å²) in [5, 5.41) is 19.3. The van der Waals surface area contributed by atoms with Crippen molar-refractivity contribution in [3.8, 4) is 6.07 Å². The average molecular weight is 211 g/mol. The lowest BCUT2D eigenvalue weighted by atomic mass is 10.1. The molecule has 0 N–H and O–H groups in total. The molecule has 0 radical (unpaired) electrons. The molecule has 0 fully saturated rings. The van der Waals surface area contributed by atoms with Crippen LogP contribution in [-0.4, -0.2) is 4.92 Å². The van der Waals surface area contributed by atoms with Gasteiger partial charge in [-0.2, -0.15) is 5.26 Å². The summed E-state index contributed by atoms with van der Waals surface area (Å²) in [5.41, 5.74) is 0.643. The number of aryl methyl sites for hydroxylation is 1. The van der Waals surface area contributed by atoms with Crippen LogP contribution in [-0.2, 0) is 6.42 Å². The van der Waals surface area contributed by atoms with E-state index in [1.807, 2.05) is 6.07 Å². The van der Waals surface area contributed by atoms with Crippen LogP contribution in [0.25, 0.3) is 0 Å². The van der Waals surface area contributed by atoms with Crippen molar-refractivity contribution in [1.82, 2.24) is 0 Å². The van der Waals surface area contributed by atoms with Crippen molar-refractivity contribution in [2.75, 3.05) is 0 Å². The van der Waals surface area contributed by atoms with Crippen LogP contribution in [0.1, 0.15) is 12.0 Å². The van der Waals surface area contributed by atoms with Gasteiger partial charge in [-0.15, -0.1) is 0 Å². The van der Waals surface area contributed by atoms with Gasteiger partial charge >= 0.3 is 0 Å². The molecule has 72 valence electrons. The Balaban J connectivity index is 2.97. The van der Waals surface area contributed by atoms with Crippen LogP contribution in [0.3, 0.4) is 0 Å². The first-order chi connectivity index (χ1) is 6.65. The molecule has 1 aromatic carbocycles. The molecule has 1 aromatic rings. The highest BCUT2D eigenvalue weighted by Crippen LogP contribution is 2.22. The number of nitrogens with zero attached hydrogens (tertiary/aromatic N) is 2. The Morgan fingerprint density at radius 1 is 1.57 bits per heavy atom. The highest BCUT2D eigenvalue weighted by Gasteiger charge is 2.08. The van der Waals surface area contributed by atoms with E-state index in [1.165, 1.54) is 18.2 Å². The van der Waals surface area contributed by atoms with Crippen LogP contribution >= 0.6 is 11.6 Å². The maximum atomic E-state index is 10.4. The molecule has 4 nitrogen and oxygen atoms in total. The number of benzene rings is 1. The van der Waals surface area contributed by atoms with Crippen LogP contribution in [0.2, 0.25) is 5.02 Å². The standard InChI is InChI=1S/C9H7ClN2O2/c10-9-4-3-8(12(13)14)6-7(9)2-1-5-11/h3-4,6H,1-2H2. The largest absolute Gasteiger partial charge is 0.269 e. The van der Waals surface area contributed by atoms with Crippen molar-refractivity contribution >= 4 is 17.3 Å². The van der Waals surface area contributed by atoms with Gasteiger partial charge in [0.1, 0.15) is 0 Å². The molecule has 0 saturated heterocycles. The monoisotopic (exact) mass is 210 g/mol. The summed E-state index contributed by atoms with van der Waals surface area (Å²) in [4.78, 5) is 9.96. The third kappa shape index (κ3) is 2.44. The molecule has 0 amide bonds. The Hall–Kier alpha value is -1.60. The number of nitro groups is 1. The van der Waals surface area contributed by atoms with E-state index in [4.69, 9.17) is 16.9 Å². The second-order valence-corrected chi connectivity index (χ2v) is 3.10. The molecule has 0 aliphatic carbocycles. The summed E-state index contributed by atoms with van der Waals surface area (Å²) in [7, 11) is 0. The summed E-state index contributed by atoms with van der Waals surface area (Å²) in [5.74, 6) is 0. The van der Waals surface area contributed by atoms with E-state index in [0.717, 1.165) is 0 Å². The first-order valence-corrected chi connectivity index (χ1v) is 4.32. The van der Waals surface area contributed by atoms with Crippen LogP contribution in [0.15, 0.2) is 18.2 Å². The fourth-order valence-electron chi connectivity index (χ4n) is 1.06. The highest BCUT2D eigenvalue weighted by molar-refractivity contribution is 6.31. The zero-order valence-corrected chi connectivity index (χ0v) is 7.99. The minimum atomic E-state index is -0.480. The van der Waals surface area contributed by atoms with Gasteiger partial charge in [-0.25, -0.2) is 0 Å². The minimum absolute atomic E-state index is 0.00217. The number of nitro benzene ring substituents is 1. The zero-order chi connectivity index (χ0) is 10.6. The molecular weight excluding hydrogens is 204 g/mol. The molecule has 0 unspecified atom stereocenters. The van der Waals surface area contributed by atoms with Crippen molar-refractivity contribution in [1.29, 1.82) is 5.26 Å². The lowest BCUT2D eigenvalue weighted by Gasteiger charge is -2.00. The van der Waals surface area contributed by atoms with Crippen molar-refractivity contribution in [2.45, 2.75) is 12.8 Å². The third-order valence-electron chi connectivity index (χ3n) is 1.75. The fourth-order valence-corrected chi connectivity index (χ4v) is 1.27. The van der Waals surface area contributed by atoms with Crippen molar-refractivity contribution < 1.29 is 4.92 Å². The lowest BCUT2D eigenvalue weighted by molar-refractivity contribution is -0.384. The number of non-ortho nitro benzene ring substituents is 1. The molecule has 0 aliphatic heterocycles. The Kier molecular flexibility index (Phi) is 3.43. The number of hydrogen-bond acceptors (Lipinski definition) is 3. The van der Waals surface area contributed by atoms with Gasteiger partial charge in [0.2, 0.25) is 0 Å². The Morgan fingerprint density at radius 2 is 2.29 bits per heavy atom. The topological polar surface area (TPSA) is 66.9 Å². The molecule has 0 spiro atoms. The van der Waals surface area contributed by atoms with Crippen molar-refractivity contribution in [3.63, 3.8) is 0 Å². The SMILES string of the molecule is N#CCCc1cc([N+](=O)[O-])ccc1Cl. The molecule has 0 bridgehead atoms. The van der Waals surface area contributed by atoms with Crippen LogP contribution in [0.5, 0.6) is 0 Å². The van der Waals surface area contributed by atoms with Gasteiger partial charge in [-0.05, 0) is 18.1 Å². The van der Waals surface area contributed by atoms with E-state index >= 15 is 0 Å². The molecule has 0 saturated carbocycles. The van der Waals surface area contributed by atoms with Crippen molar-refractivity contribution in [2.24, 2.45) is 0 Å². The smallest absolute Gasteiger partial charge is 0.258 e. The molecule has 5 heteroatoms. The molecule has 0 atom stereocenters. The van der Waals surface area contributed by atoms with Gasteiger partial charge in [-0.1, -0.05) is 11.6 Å². The van der Waals surface area contributed by atoms with Crippen LogP contribution in [0, 0.1) is 21.4 Å². The second-order valence-electron chi connectivity index (χ2n) is 2.69. The van der Waals surface area contributed by atoms with E-state index in [2.05, 4.69) is 0 Å². The van der Waals surface area contributed by atoms with E-state index in [9.17, 15) is 10.1 Å². The molecule has 1 rings (SSSR count). The minimum Gasteiger partial charge on any atom is -0.258 e. The maximum Gasteiger partial charge on any atom is 0.269 e. The van der Waals surface area contributed by atoms with Gasteiger partial charge in [0.15, 0.2) is 0 Å². The number of nitriles is 1. The van der Waals surface area contributed by atoms with Crippen molar-refractivity contribution in [3.05, 3.63) is 38.9 Å². The molecule has 14 heavy (non-hydrogen) atoms. The average Bonchev–Trinajstić information content (AvgIpc) is 2.16.